The lowest BCUT2D eigenvalue weighted by atomic mass is 9.91. The van der Waals surface area contributed by atoms with Gasteiger partial charge in [-0.15, -0.1) is 0 Å². The first kappa shape index (κ1) is 17.4. The molecule has 0 radical (unpaired) electrons. The fraction of sp³-hybridized carbons (Fsp3) is 0.632. The van der Waals surface area contributed by atoms with E-state index in [1.54, 1.807) is 0 Å². The molecule has 2 aliphatic heterocycles. The third-order valence-corrected chi connectivity index (χ3v) is 4.79. The van der Waals surface area contributed by atoms with Gasteiger partial charge in [0.2, 0.25) is 0 Å². The van der Waals surface area contributed by atoms with Crippen LogP contribution in [0.15, 0.2) is 30.3 Å². The normalized spacial score (nSPS) is 29.7. The number of hydrogen-bond acceptors (Lipinski definition) is 5. The molecule has 5 heteroatoms. The van der Waals surface area contributed by atoms with Crippen molar-refractivity contribution >= 4 is 5.97 Å². The van der Waals surface area contributed by atoms with Crippen LogP contribution in [-0.4, -0.2) is 49.1 Å². The second-order valence-electron chi connectivity index (χ2n) is 7.07. The number of carbonyl (C=O) groups excluding carboxylic acids is 1. The summed E-state index contributed by atoms with van der Waals surface area (Å²) < 4.78 is 17.1. The van der Waals surface area contributed by atoms with E-state index >= 15 is 0 Å². The van der Waals surface area contributed by atoms with Crippen LogP contribution in [0, 0.1) is 11.8 Å². The van der Waals surface area contributed by atoms with Gasteiger partial charge in [0.15, 0.2) is 5.79 Å². The van der Waals surface area contributed by atoms with Crippen molar-refractivity contribution in [2.45, 2.75) is 39.2 Å². The quantitative estimate of drug-likeness (QED) is 0.775. The van der Waals surface area contributed by atoms with Gasteiger partial charge in [0.25, 0.3) is 0 Å². The van der Waals surface area contributed by atoms with Crippen molar-refractivity contribution < 1.29 is 19.0 Å². The second-order valence-corrected chi connectivity index (χ2v) is 7.07. The summed E-state index contributed by atoms with van der Waals surface area (Å²) >= 11 is 0. The van der Waals surface area contributed by atoms with Crippen LogP contribution in [0.2, 0.25) is 0 Å². The monoisotopic (exact) mass is 333 g/mol. The first-order chi connectivity index (χ1) is 11.5. The Hall–Kier alpha value is -1.43. The lowest BCUT2D eigenvalue weighted by Crippen LogP contribution is -2.35. The van der Waals surface area contributed by atoms with Gasteiger partial charge >= 0.3 is 5.97 Å². The van der Waals surface area contributed by atoms with Gasteiger partial charge < -0.3 is 14.2 Å². The van der Waals surface area contributed by atoms with Crippen molar-refractivity contribution in [1.29, 1.82) is 0 Å². The topological polar surface area (TPSA) is 48.0 Å². The number of nitrogens with zero attached hydrogens (tertiary/aromatic N) is 1. The van der Waals surface area contributed by atoms with E-state index in [9.17, 15) is 4.79 Å². The van der Waals surface area contributed by atoms with E-state index in [1.165, 1.54) is 5.56 Å². The zero-order chi connectivity index (χ0) is 17.2. The summed E-state index contributed by atoms with van der Waals surface area (Å²) in [5.41, 5.74) is 1.25. The van der Waals surface area contributed by atoms with Gasteiger partial charge in [0.05, 0.1) is 25.2 Å². The summed E-state index contributed by atoms with van der Waals surface area (Å²) in [6.45, 7) is 9.00. The Kier molecular flexibility index (Phi) is 5.23. The molecule has 132 valence electrons. The number of rotatable bonds is 5. The Morgan fingerprint density at radius 3 is 2.67 bits per heavy atom. The van der Waals surface area contributed by atoms with E-state index in [-0.39, 0.29) is 23.9 Å². The molecule has 0 saturated carbocycles. The Bertz CT molecular complexity index is 560. The fourth-order valence-electron chi connectivity index (χ4n) is 3.69. The molecule has 3 atom stereocenters. The van der Waals surface area contributed by atoms with Gasteiger partial charge in [-0.3, -0.25) is 9.69 Å². The van der Waals surface area contributed by atoms with E-state index in [0.717, 1.165) is 13.1 Å². The summed E-state index contributed by atoms with van der Waals surface area (Å²) in [6, 6.07) is 10.3. The molecule has 0 N–H and O–H groups in total. The van der Waals surface area contributed by atoms with Crippen LogP contribution in [0.25, 0.3) is 0 Å². The highest BCUT2D eigenvalue weighted by atomic mass is 16.7. The van der Waals surface area contributed by atoms with E-state index in [4.69, 9.17) is 14.2 Å². The second kappa shape index (κ2) is 7.21. The number of benzene rings is 1. The van der Waals surface area contributed by atoms with Crippen molar-refractivity contribution in [2.24, 2.45) is 11.8 Å². The maximum atomic E-state index is 12.4. The average Bonchev–Trinajstić information content (AvgIpc) is 3.12. The highest BCUT2D eigenvalue weighted by Crippen LogP contribution is 2.35. The van der Waals surface area contributed by atoms with Crippen LogP contribution in [0.1, 0.15) is 26.3 Å². The molecule has 0 aromatic heterocycles. The summed E-state index contributed by atoms with van der Waals surface area (Å²) in [5.74, 6) is -0.742. The molecule has 3 rings (SSSR count). The Morgan fingerprint density at radius 1 is 1.29 bits per heavy atom. The summed E-state index contributed by atoms with van der Waals surface area (Å²) in [5, 5.41) is 0. The lowest BCUT2D eigenvalue weighted by Gasteiger charge is -2.24. The number of carbonyl (C=O) groups is 1. The molecule has 2 fully saturated rings. The predicted molar refractivity (Wildman–Crippen MR) is 90.2 cm³/mol. The van der Waals surface area contributed by atoms with Crippen LogP contribution < -0.4 is 0 Å². The third-order valence-electron chi connectivity index (χ3n) is 4.79. The van der Waals surface area contributed by atoms with Crippen LogP contribution in [0.4, 0.5) is 0 Å². The number of ether oxygens (including phenoxy) is 3. The standard InChI is InChI=1S/C19H27NO4/c1-4-22-18(21)16-12-20(10-14-8-6-5-7-9-14)11-15(16)17-13-23-19(2,3)24-17/h5-9,15-17H,4,10-13H2,1-3H3/t15-,16+,17+/m0/s1. The van der Waals surface area contributed by atoms with Crippen molar-refractivity contribution in [3.63, 3.8) is 0 Å². The first-order valence-electron chi connectivity index (χ1n) is 8.73. The Morgan fingerprint density at radius 2 is 2.04 bits per heavy atom. The largest absolute Gasteiger partial charge is 0.466 e. The minimum Gasteiger partial charge on any atom is -0.466 e. The number of likely N-dealkylation sites (tertiary alicyclic amines) is 1. The molecule has 2 aliphatic rings. The van der Waals surface area contributed by atoms with Crippen molar-refractivity contribution in [1.82, 2.24) is 4.90 Å². The molecule has 1 aromatic rings. The summed E-state index contributed by atoms with van der Waals surface area (Å²) in [4.78, 5) is 14.7. The molecule has 0 spiro atoms. The van der Waals surface area contributed by atoms with Gasteiger partial charge in [-0.1, -0.05) is 30.3 Å². The van der Waals surface area contributed by atoms with Crippen molar-refractivity contribution in [2.75, 3.05) is 26.3 Å². The van der Waals surface area contributed by atoms with Crippen molar-refractivity contribution in [3.05, 3.63) is 35.9 Å². The maximum Gasteiger partial charge on any atom is 0.310 e. The molecule has 24 heavy (non-hydrogen) atoms. The van der Waals surface area contributed by atoms with E-state index in [0.29, 0.717) is 19.8 Å². The minimum absolute atomic E-state index is 0.0600. The molecule has 0 unspecified atom stereocenters. The van der Waals surface area contributed by atoms with Crippen LogP contribution in [0.5, 0.6) is 0 Å². The summed E-state index contributed by atoms with van der Waals surface area (Å²) in [7, 11) is 0. The zero-order valence-corrected chi connectivity index (χ0v) is 14.7. The molecule has 5 nitrogen and oxygen atoms in total. The van der Waals surface area contributed by atoms with Gasteiger partial charge in [0.1, 0.15) is 0 Å². The number of hydrogen-bond donors (Lipinski definition) is 0. The van der Waals surface area contributed by atoms with Gasteiger partial charge in [-0.2, -0.15) is 0 Å². The smallest absolute Gasteiger partial charge is 0.310 e. The first-order valence-corrected chi connectivity index (χ1v) is 8.73. The van der Waals surface area contributed by atoms with Crippen LogP contribution in [-0.2, 0) is 25.5 Å². The van der Waals surface area contributed by atoms with Crippen LogP contribution >= 0.6 is 0 Å². The molecule has 2 heterocycles. The molecule has 1 aromatic carbocycles. The highest BCUT2D eigenvalue weighted by molar-refractivity contribution is 5.73. The van der Waals surface area contributed by atoms with E-state index in [1.807, 2.05) is 39.0 Å². The molecule has 2 saturated heterocycles. The molecule has 0 aliphatic carbocycles. The van der Waals surface area contributed by atoms with E-state index in [2.05, 4.69) is 17.0 Å². The molecular weight excluding hydrogens is 306 g/mol. The lowest BCUT2D eigenvalue weighted by molar-refractivity contribution is -0.157. The van der Waals surface area contributed by atoms with Gasteiger partial charge in [0, 0.05) is 25.6 Å². The highest BCUT2D eigenvalue weighted by Gasteiger charge is 2.47. The van der Waals surface area contributed by atoms with Crippen molar-refractivity contribution in [3.8, 4) is 0 Å². The van der Waals surface area contributed by atoms with Gasteiger partial charge in [-0.05, 0) is 26.3 Å². The predicted octanol–water partition coefficient (Wildman–Crippen LogP) is 2.45. The Labute approximate surface area is 143 Å². The zero-order valence-electron chi connectivity index (χ0n) is 14.7. The average molecular weight is 333 g/mol. The Balaban J connectivity index is 1.71. The minimum atomic E-state index is -0.573. The van der Waals surface area contributed by atoms with Gasteiger partial charge in [-0.25, -0.2) is 0 Å². The SMILES string of the molecule is CCOC(=O)[C@@H]1CN(Cc2ccccc2)C[C@@H]1[C@H]1COC(C)(C)O1. The third kappa shape index (κ3) is 3.97. The number of esters is 1. The summed E-state index contributed by atoms with van der Waals surface area (Å²) in [6.07, 6.45) is -0.0600. The molecule has 0 amide bonds. The maximum absolute atomic E-state index is 12.4. The van der Waals surface area contributed by atoms with Crippen LogP contribution in [0.3, 0.4) is 0 Å². The fourth-order valence-corrected chi connectivity index (χ4v) is 3.69. The van der Waals surface area contributed by atoms with E-state index < -0.39 is 5.79 Å². The molecule has 0 bridgehead atoms. The molecular formula is C19H27NO4.